The number of carbonyl (C=O) groups excluding carboxylic acids is 1. The smallest absolute Gasteiger partial charge is 0.417 e. The number of hydrogen-bond acceptors (Lipinski definition) is 6. The van der Waals surface area contributed by atoms with Crippen LogP contribution in [-0.4, -0.2) is 38.6 Å². The minimum absolute atomic E-state index is 0.00597. The first-order valence-corrected chi connectivity index (χ1v) is 10.0. The number of ether oxygens (including phenoxy) is 1. The topological polar surface area (TPSA) is 69.9 Å². The molecule has 3 rings (SSSR count). The second-order valence-corrected chi connectivity index (χ2v) is 7.63. The van der Waals surface area contributed by atoms with Crippen molar-refractivity contribution in [2.45, 2.75) is 17.8 Å². The van der Waals surface area contributed by atoms with E-state index in [4.69, 9.17) is 23.2 Å². The molecule has 0 radical (unpaired) electrons. The minimum atomic E-state index is -4.55. The Kier molecular flexibility index (Phi) is 6.89. The van der Waals surface area contributed by atoms with E-state index in [-0.39, 0.29) is 22.9 Å². The SMILES string of the molecule is COC(=O)CSc1nnc(Cc2ncc(C(F)(F)F)cc2Cl)n1-c1ccccc1Cl. The van der Waals surface area contributed by atoms with Gasteiger partial charge in [0.25, 0.3) is 0 Å². The second-order valence-electron chi connectivity index (χ2n) is 5.88. The molecule has 0 N–H and O–H groups in total. The van der Waals surface area contributed by atoms with Crippen LogP contribution in [-0.2, 0) is 22.1 Å². The van der Waals surface area contributed by atoms with Gasteiger partial charge in [-0.1, -0.05) is 47.1 Å². The molecule has 0 fully saturated rings. The van der Waals surface area contributed by atoms with E-state index >= 15 is 0 Å². The number of aromatic nitrogens is 4. The number of carbonyl (C=O) groups is 1. The van der Waals surface area contributed by atoms with Crippen molar-refractivity contribution in [3.63, 3.8) is 0 Å². The monoisotopic (exact) mass is 476 g/mol. The lowest BCUT2D eigenvalue weighted by molar-refractivity contribution is -0.138. The Labute approximate surface area is 183 Å². The summed E-state index contributed by atoms with van der Waals surface area (Å²) in [5.41, 5.74) is -0.220. The number of pyridine rings is 1. The highest BCUT2D eigenvalue weighted by Gasteiger charge is 2.31. The fraction of sp³-hybridized carbons (Fsp3) is 0.222. The lowest BCUT2D eigenvalue weighted by Gasteiger charge is -2.12. The van der Waals surface area contributed by atoms with Gasteiger partial charge in [0, 0.05) is 6.20 Å². The quantitative estimate of drug-likeness (QED) is 0.374. The van der Waals surface area contributed by atoms with Gasteiger partial charge in [-0.05, 0) is 18.2 Å². The van der Waals surface area contributed by atoms with Crippen molar-refractivity contribution in [1.29, 1.82) is 0 Å². The average molecular weight is 477 g/mol. The summed E-state index contributed by atoms with van der Waals surface area (Å²) in [6, 6.07) is 7.69. The van der Waals surface area contributed by atoms with E-state index in [9.17, 15) is 18.0 Å². The highest BCUT2D eigenvalue weighted by atomic mass is 35.5. The second kappa shape index (κ2) is 9.23. The van der Waals surface area contributed by atoms with E-state index in [1.807, 2.05) is 0 Å². The summed E-state index contributed by atoms with van der Waals surface area (Å²) >= 11 is 13.4. The molecule has 158 valence electrons. The van der Waals surface area contributed by atoms with Crippen LogP contribution in [0.1, 0.15) is 17.1 Å². The highest BCUT2D eigenvalue weighted by molar-refractivity contribution is 7.99. The van der Waals surface area contributed by atoms with Crippen molar-refractivity contribution in [2.75, 3.05) is 12.9 Å². The predicted octanol–water partition coefficient (Wildman–Crippen LogP) is 4.84. The van der Waals surface area contributed by atoms with E-state index in [1.54, 1.807) is 28.8 Å². The maximum atomic E-state index is 12.9. The first-order valence-electron chi connectivity index (χ1n) is 8.31. The molecule has 0 atom stereocenters. The highest BCUT2D eigenvalue weighted by Crippen LogP contribution is 2.32. The van der Waals surface area contributed by atoms with Gasteiger partial charge >= 0.3 is 12.1 Å². The zero-order chi connectivity index (χ0) is 21.9. The Hall–Kier alpha value is -2.30. The number of thioether (sulfide) groups is 1. The number of alkyl halides is 3. The van der Waals surface area contributed by atoms with Gasteiger partial charge in [0.1, 0.15) is 5.82 Å². The van der Waals surface area contributed by atoms with Crippen molar-refractivity contribution >= 4 is 40.9 Å². The molecule has 30 heavy (non-hydrogen) atoms. The molecule has 0 aliphatic carbocycles. The lowest BCUT2D eigenvalue weighted by atomic mass is 10.2. The summed E-state index contributed by atoms with van der Waals surface area (Å²) in [5, 5.41) is 8.78. The van der Waals surface area contributed by atoms with Gasteiger partial charge in [-0.2, -0.15) is 13.2 Å². The fourth-order valence-corrected chi connectivity index (χ4v) is 3.72. The Morgan fingerprint density at radius 2 is 1.93 bits per heavy atom. The Bertz CT molecular complexity index is 1080. The first kappa shape index (κ1) is 22.4. The van der Waals surface area contributed by atoms with Crippen LogP contribution in [0.15, 0.2) is 41.7 Å². The van der Waals surface area contributed by atoms with E-state index in [0.29, 0.717) is 27.9 Å². The summed E-state index contributed by atoms with van der Waals surface area (Å²) in [5.74, 6) is -0.134. The largest absolute Gasteiger partial charge is 0.468 e. The van der Waals surface area contributed by atoms with Gasteiger partial charge in [-0.25, -0.2) is 0 Å². The van der Waals surface area contributed by atoms with Crippen molar-refractivity contribution in [1.82, 2.24) is 19.7 Å². The molecule has 0 saturated heterocycles. The maximum absolute atomic E-state index is 12.9. The van der Waals surface area contributed by atoms with E-state index < -0.39 is 17.7 Å². The zero-order valence-electron chi connectivity index (χ0n) is 15.3. The number of esters is 1. The van der Waals surface area contributed by atoms with E-state index in [0.717, 1.165) is 17.8 Å². The molecule has 0 unspecified atom stereocenters. The Balaban J connectivity index is 2.00. The van der Waals surface area contributed by atoms with Gasteiger partial charge in [0.2, 0.25) is 0 Å². The van der Waals surface area contributed by atoms with Crippen molar-refractivity contribution < 1.29 is 22.7 Å². The third-order valence-corrected chi connectivity index (χ3v) is 5.46. The molecular formula is C18H13Cl2F3N4O2S. The van der Waals surface area contributed by atoms with Gasteiger partial charge in [0.05, 0.1) is 46.3 Å². The molecular weight excluding hydrogens is 464 g/mol. The summed E-state index contributed by atoms with van der Waals surface area (Å²) in [6.07, 6.45) is -3.84. The molecule has 0 aliphatic heterocycles. The first-order chi connectivity index (χ1) is 14.2. The summed E-state index contributed by atoms with van der Waals surface area (Å²) < 4.78 is 44.8. The number of nitrogens with zero attached hydrogens (tertiary/aromatic N) is 4. The van der Waals surface area contributed by atoms with Crippen LogP contribution in [0.3, 0.4) is 0 Å². The summed E-state index contributed by atoms with van der Waals surface area (Å²) in [4.78, 5) is 15.4. The van der Waals surface area contributed by atoms with Crippen LogP contribution in [0.5, 0.6) is 0 Å². The summed E-state index contributed by atoms with van der Waals surface area (Å²) in [6.45, 7) is 0. The molecule has 6 nitrogen and oxygen atoms in total. The predicted molar refractivity (Wildman–Crippen MR) is 106 cm³/mol. The van der Waals surface area contributed by atoms with E-state index in [1.165, 1.54) is 7.11 Å². The third kappa shape index (κ3) is 5.05. The number of hydrogen-bond donors (Lipinski definition) is 0. The molecule has 2 aromatic heterocycles. The molecule has 2 heterocycles. The molecule has 1 aromatic carbocycles. The minimum Gasteiger partial charge on any atom is -0.468 e. The molecule has 0 spiro atoms. The van der Waals surface area contributed by atoms with E-state index in [2.05, 4.69) is 19.9 Å². The van der Waals surface area contributed by atoms with Crippen LogP contribution >= 0.6 is 35.0 Å². The third-order valence-electron chi connectivity index (χ3n) is 3.91. The number of para-hydroxylation sites is 1. The number of methoxy groups -OCH3 is 1. The van der Waals surface area contributed by atoms with Crippen LogP contribution in [0.4, 0.5) is 13.2 Å². The molecule has 0 amide bonds. The number of rotatable bonds is 6. The summed E-state index contributed by atoms with van der Waals surface area (Å²) in [7, 11) is 1.27. The van der Waals surface area contributed by atoms with Gasteiger partial charge in [0.15, 0.2) is 5.16 Å². The van der Waals surface area contributed by atoms with Gasteiger partial charge in [-0.3, -0.25) is 14.3 Å². The van der Waals surface area contributed by atoms with Crippen LogP contribution in [0.25, 0.3) is 5.69 Å². The average Bonchev–Trinajstić information content (AvgIpc) is 3.09. The standard InChI is InChI=1S/C18H13Cl2F3N4O2S/c1-29-16(28)9-30-17-26-25-15(27(17)14-5-3-2-4-11(14)19)7-13-12(20)6-10(8-24-13)18(21,22)23/h2-6,8H,7,9H2,1H3. The fourth-order valence-electron chi connectivity index (χ4n) is 2.47. The Morgan fingerprint density at radius 1 is 1.20 bits per heavy atom. The van der Waals surface area contributed by atoms with Crippen LogP contribution in [0, 0.1) is 0 Å². The van der Waals surface area contributed by atoms with Gasteiger partial charge < -0.3 is 4.74 Å². The molecule has 0 aliphatic rings. The lowest BCUT2D eigenvalue weighted by Crippen LogP contribution is -2.09. The van der Waals surface area contributed by atoms with Crippen molar-refractivity contribution in [2.24, 2.45) is 0 Å². The zero-order valence-corrected chi connectivity index (χ0v) is 17.6. The van der Waals surface area contributed by atoms with Crippen molar-refractivity contribution in [3.8, 4) is 5.69 Å². The van der Waals surface area contributed by atoms with Crippen LogP contribution in [0.2, 0.25) is 10.0 Å². The molecule has 12 heteroatoms. The number of benzene rings is 1. The molecule has 0 saturated carbocycles. The number of halogens is 5. The maximum Gasteiger partial charge on any atom is 0.417 e. The normalized spacial score (nSPS) is 11.5. The van der Waals surface area contributed by atoms with Gasteiger partial charge in [-0.15, -0.1) is 10.2 Å². The molecule has 0 bridgehead atoms. The Morgan fingerprint density at radius 3 is 2.57 bits per heavy atom. The van der Waals surface area contributed by atoms with Crippen molar-refractivity contribution in [3.05, 3.63) is 63.7 Å². The molecule has 3 aromatic rings. The van der Waals surface area contributed by atoms with Crippen LogP contribution < -0.4 is 0 Å².